The van der Waals surface area contributed by atoms with Crippen LogP contribution in [0.25, 0.3) is 0 Å². The molecule has 1 saturated heterocycles. The number of amides is 1. The van der Waals surface area contributed by atoms with Crippen LogP contribution >= 0.6 is 24.0 Å². The Kier molecular flexibility index (Phi) is 8.46. The van der Waals surface area contributed by atoms with Crippen LogP contribution in [-0.2, 0) is 4.74 Å². The Hall–Kier alpha value is -2.41. The summed E-state index contributed by atoms with van der Waals surface area (Å²) in [6.45, 7) is 3.62. The highest BCUT2D eigenvalue weighted by atomic mass is 32.2. The first kappa shape index (κ1) is 23.3. The SMILES string of the molecule is CCOC(=O)N1CCC(Nc2ncnc(NCCSC(=S)NC3CC3)c2[N+](=O)[O-])CC1. The van der Waals surface area contributed by atoms with Gasteiger partial charge in [0.15, 0.2) is 0 Å². The Morgan fingerprint density at radius 1 is 1.29 bits per heavy atom. The first-order chi connectivity index (χ1) is 15.0. The number of piperidine rings is 1. The largest absolute Gasteiger partial charge is 0.450 e. The number of ether oxygens (including phenoxy) is 1. The number of nitrogens with zero attached hydrogens (tertiary/aromatic N) is 4. The van der Waals surface area contributed by atoms with Gasteiger partial charge in [0.1, 0.15) is 10.6 Å². The van der Waals surface area contributed by atoms with E-state index in [9.17, 15) is 14.9 Å². The number of anilines is 2. The molecule has 1 saturated carbocycles. The number of nitrogens with one attached hydrogen (secondary N) is 3. The average Bonchev–Trinajstić information content (AvgIpc) is 3.55. The van der Waals surface area contributed by atoms with Gasteiger partial charge in [0.05, 0.1) is 11.5 Å². The number of carbonyl (C=O) groups excluding carboxylic acids is 1. The van der Waals surface area contributed by atoms with Crippen molar-refractivity contribution >= 4 is 51.7 Å². The predicted octanol–water partition coefficient (Wildman–Crippen LogP) is 2.60. The number of likely N-dealkylation sites (tertiary alicyclic amines) is 1. The van der Waals surface area contributed by atoms with Gasteiger partial charge in [0.2, 0.25) is 11.6 Å². The van der Waals surface area contributed by atoms with Gasteiger partial charge in [0, 0.05) is 37.5 Å². The second-order valence-electron chi connectivity index (χ2n) is 7.26. The second-order valence-corrected chi connectivity index (χ2v) is 9.03. The molecule has 0 atom stereocenters. The molecular weight excluding hydrogens is 442 g/mol. The zero-order valence-corrected chi connectivity index (χ0v) is 19.0. The normalized spacial score (nSPS) is 16.5. The van der Waals surface area contributed by atoms with Crippen molar-refractivity contribution in [2.24, 2.45) is 0 Å². The fraction of sp³-hybridized carbons (Fsp3) is 0.667. The fourth-order valence-electron chi connectivity index (χ4n) is 3.15. The topological polar surface area (TPSA) is 135 Å². The van der Waals surface area contributed by atoms with Crippen LogP contribution in [0, 0.1) is 10.1 Å². The lowest BCUT2D eigenvalue weighted by Gasteiger charge is -2.31. The average molecular weight is 470 g/mol. The molecule has 1 amide bonds. The van der Waals surface area contributed by atoms with E-state index < -0.39 is 4.92 Å². The van der Waals surface area contributed by atoms with Crippen molar-refractivity contribution in [3.05, 3.63) is 16.4 Å². The van der Waals surface area contributed by atoms with Gasteiger partial charge >= 0.3 is 11.8 Å². The Morgan fingerprint density at radius 2 is 2.00 bits per heavy atom. The summed E-state index contributed by atoms with van der Waals surface area (Å²) in [6, 6.07) is 0.474. The van der Waals surface area contributed by atoms with Crippen LogP contribution in [0.3, 0.4) is 0 Å². The predicted molar refractivity (Wildman–Crippen MR) is 124 cm³/mol. The lowest BCUT2D eigenvalue weighted by atomic mass is 10.1. The molecule has 0 bridgehead atoms. The van der Waals surface area contributed by atoms with Crippen LogP contribution in [-0.4, -0.2) is 74.3 Å². The number of nitro groups is 1. The number of hydrogen-bond acceptors (Lipinski definition) is 10. The molecule has 0 spiro atoms. The summed E-state index contributed by atoms with van der Waals surface area (Å²) in [5.41, 5.74) is -0.181. The van der Waals surface area contributed by atoms with E-state index in [0.29, 0.717) is 50.9 Å². The number of hydrogen-bond donors (Lipinski definition) is 3. The van der Waals surface area contributed by atoms with Crippen molar-refractivity contribution < 1.29 is 14.5 Å². The number of aromatic nitrogens is 2. The molecule has 2 heterocycles. The Bertz CT molecular complexity index is 801. The molecular formula is C18H27N7O4S2. The highest BCUT2D eigenvalue weighted by molar-refractivity contribution is 8.22. The monoisotopic (exact) mass is 469 g/mol. The van der Waals surface area contributed by atoms with E-state index in [2.05, 4.69) is 25.9 Å². The molecule has 1 aromatic heterocycles. The van der Waals surface area contributed by atoms with Gasteiger partial charge in [-0.15, -0.1) is 0 Å². The van der Waals surface area contributed by atoms with Crippen LogP contribution in [0.1, 0.15) is 32.6 Å². The maximum Gasteiger partial charge on any atom is 0.409 e. The van der Waals surface area contributed by atoms with Crippen LogP contribution in [0.5, 0.6) is 0 Å². The molecule has 2 fully saturated rings. The van der Waals surface area contributed by atoms with Gasteiger partial charge in [0.25, 0.3) is 0 Å². The molecule has 2 aliphatic rings. The van der Waals surface area contributed by atoms with E-state index in [4.69, 9.17) is 17.0 Å². The first-order valence-electron chi connectivity index (χ1n) is 10.3. The highest BCUT2D eigenvalue weighted by Crippen LogP contribution is 2.30. The molecule has 0 unspecified atom stereocenters. The lowest BCUT2D eigenvalue weighted by Crippen LogP contribution is -2.42. The third kappa shape index (κ3) is 7.06. The van der Waals surface area contributed by atoms with Crippen LogP contribution < -0.4 is 16.0 Å². The quantitative estimate of drug-likeness (QED) is 0.213. The molecule has 170 valence electrons. The molecule has 0 radical (unpaired) electrons. The number of thioether (sulfide) groups is 1. The fourth-order valence-corrected chi connectivity index (χ4v) is 4.21. The minimum absolute atomic E-state index is 0.0337. The summed E-state index contributed by atoms with van der Waals surface area (Å²) in [6.07, 6.45) is 4.58. The van der Waals surface area contributed by atoms with E-state index in [1.807, 2.05) is 0 Å². The standard InChI is InChI=1S/C18H27N7O4S2/c1-2-29-18(26)24-8-5-13(6-9-24)22-16-14(25(27)28)15(20-11-21-16)19-7-10-31-17(30)23-12-3-4-12/h11-13H,2-10H2,1H3,(H,23,30)(H2,19,20,21,22). The Balaban J connectivity index is 1.53. The van der Waals surface area contributed by atoms with Crippen molar-refractivity contribution in [3.8, 4) is 0 Å². The molecule has 31 heavy (non-hydrogen) atoms. The maximum atomic E-state index is 11.8. The molecule has 11 nitrogen and oxygen atoms in total. The number of thiocarbonyl (C=S) groups is 1. The number of rotatable bonds is 9. The first-order valence-corrected chi connectivity index (χ1v) is 11.7. The van der Waals surface area contributed by atoms with Crippen molar-refractivity contribution in [1.82, 2.24) is 20.2 Å². The van der Waals surface area contributed by atoms with Gasteiger partial charge in [-0.3, -0.25) is 10.1 Å². The maximum absolute atomic E-state index is 11.8. The van der Waals surface area contributed by atoms with Gasteiger partial charge in [-0.05, 0) is 32.6 Å². The summed E-state index contributed by atoms with van der Waals surface area (Å²) in [5.74, 6) is 1.01. The molecule has 3 N–H and O–H groups in total. The van der Waals surface area contributed by atoms with Crippen LogP contribution in [0.2, 0.25) is 0 Å². The lowest BCUT2D eigenvalue weighted by molar-refractivity contribution is -0.383. The number of carbonyl (C=O) groups is 1. The van der Waals surface area contributed by atoms with Crippen molar-refractivity contribution in [2.75, 3.05) is 42.6 Å². The molecule has 1 aromatic rings. The minimum Gasteiger partial charge on any atom is -0.450 e. The van der Waals surface area contributed by atoms with Gasteiger partial charge in [-0.1, -0.05) is 24.0 Å². The van der Waals surface area contributed by atoms with Crippen LogP contribution in [0.4, 0.5) is 22.1 Å². The third-order valence-corrected chi connectivity index (χ3v) is 6.15. The van der Waals surface area contributed by atoms with Crippen molar-refractivity contribution in [2.45, 2.75) is 44.7 Å². The smallest absolute Gasteiger partial charge is 0.409 e. The van der Waals surface area contributed by atoms with E-state index in [1.165, 1.54) is 18.1 Å². The Labute approximate surface area is 190 Å². The third-order valence-electron chi connectivity index (χ3n) is 4.89. The Morgan fingerprint density at radius 3 is 2.65 bits per heavy atom. The molecule has 1 aliphatic carbocycles. The zero-order chi connectivity index (χ0) is 22.2. The second kappa shape index (κ2) is 11.3. The minimum atomic E-state index is -0.481. The summed E-state index contributed by atoms with van der Waals surface area (Å²) in [7, 11) is 0. The molecule has 3 rings (SSSR count). The van der Waals surface area contributed by atoms with Gasteiger partial charge in [-0.25, -0.2) is 14.8 Å². The summed E-state index contributed by atoms with van der Waals surface area (Å²) in [4.78, 5) is 32.8. The zero-order valence-electron chi connectivity index (χ0n) is 17.3. The summed E-state index contributed by atoms with van der Waals surface area (Å²) >= 11 is 6.77. The van der Waals surface area contributed by atoms with Crippen molar-refractivity contribution in [3.63, 3.8) is 0 Å². The van der Waals surface area contributed by atoms with Crippen molar-refractivity contribution in [1.29, 1.82) is 0 Å². The van der Waals surface area contributed by atoms with E-state index in [-0.39, 0.29) is 29.5 Å². The highest BCUT2D eigenvalue weighted by Gasteiger charge is 2.28. The molecule has 1 aliphatic heterocycles. The van der Waals surface area contributed by atoms with E-state index in [0.717, 1.165) is 17.2 Å². The van der Waals surface area contributed by atoms with Gasteiger partial charge in [-0.2, -0.15) is 0 Å². The van der Waals surface area contributed by atoms with Crippen LogP contribution in [0.15, 0.2) is 6.33 Å². The molecule has 0 aromatic carbocycles. The van der Waals surface area contributed by atoms with E-state index >= 15 is 0 Å². The summed E-state index contributed by atoms with van der Waals surface area (Å²) in [5, 5.41) is 21.1. The van der Waals surface area contributed by atoms with Gasteiger partial charge < -0.3 is 25.6 Å². The summed E-state index contributed by atoms with van der Waals surface area (Å²) < 4.78 is 5.77. The molecule has 13 heteroatoms. The van der Waals surface area contributed by atoms with E-state index in [1.54, 1.807) is 11.8 Å².